The Kier molecular flexibility index (Phi) is 4.41. The lowest BCUT2D eigenvalue weighted by Gasteiger charge is -2.13. The van der Waals surface area contributed by atoms with E-state index >= 15 is 0 Å². The molecule has 0 nitrogen and oxygen atoms in total. The molecule has 0 heterocycles. The molecule has 94 valence electrons. The van der Waals surface area contributed by atoms with E-state index in [0.717, 1.165) is 22.6 Å². The van der Waals surface area contributed by atoms with Crippen LogP contribution in [0.2, 0.25) is 5.02 Å². The first kappa shape index (κ1) is 13.6. The van der Waals surface area contributed by atoms with Crippen LogP contribution >= 0.6 is 27.5 Å². The highest BCUT2D eigenvalue weighted by Crippen LogP contribution is 2.30. The second kappa shape index (κ2) is 5.85. The summed E-state index contributed by atoms with van der Waals surface area (Å²) in [4.78, 5) is 0.180. The molecule has 0 bridgehead atoms. The van der Waals surface area contributed by atoms with Crippen LogP contribution < -0.4 is 0 Å². The molecule has 0 spiro atoms. The van der Waals surface area contributed by atoms with Crippen molar-refractivity contribution in [1.29, 1.82) is 0 Å². The van der Waals surface area contributed by atoms with Crippen molar-refractivity contribution in [2.24, 2.45) is 0 Å². The van der Waals surface area contributed by atoms with Gasteiger partial charge in [-0.15, -0.1) is 0 Å². The van der Waals surface area contributed by atoms with Crippen LogP contribution in [-0.4, -0.2) is 0 Å². The average molecular weight is 328 g/mol. The maximum atomic E-state index is 13.1. The highest BCUT2D eigenvalue weighted by atomic mass is 79.9. The second-order valence-electron chi connectivity index (χ2n) is 4.30. The summed E-state index contributed by atoms with van der Waals surface area (Å²) >= 11 is 9.52. The van der Waals surface area contributed by atoms with Crippen LogP contribution in [0.5, 0.6) is 0 Å². The van der Waals surface area contributed by atoms with Crippen molar-refractivity contribution in [3.63, 3.8) is 0 Å². The largest absolute Gasteiger partial charge is 0.207 e. The molecule has 2 aromatic carbocycles. The van der Waals surface area contributed by atoms with E-state index in [0.29, 0.717) is 0 Å². The molecule has 0 saturated heterocycles. The minimum Gasteiger partial charge on any atom is -0.207 e. The number of rotatable bonds is 3. The lowest BCUT2D eigenvalue weighted by molar-refractivity contribution is 0.625. The summed E-state index contributed by atoms with van der Waals surface area (Å²) in [6.07, 6.45) is 0.851. The van der Waals surface area contributed by atoms with Gasteiger partial charge >= 0.3 is 0 Å². The Bertz CT molecular complexity index is 537. The minimum atomic E-state index is -0.192. The first-order valence-electron chi connectivity index (χ1n) is 5.71. The second-order valence-corrected chi connectivity index (χ2v) is 5.84. The maximum Gasteiger partial charge on any atom is 0.123 e. The van der Waals surface area contributed by atoms with Crippen LogP contribution in [0.25, 0.3) is 0 Å². The Morgan fingerprint density at radius 2 is 1.83 bits per heavy atom. The van der Waals surface area contributed by atoms with E-state index in [4.69, 9.17) is 11.6 Å². The lowest BCUT2D eigenvalue weighted by Crippen LogP contribution is -1.98. The third-order valence-electron chi connectivity index (χ3n) is 2.90. The fourth-order valence-electron chi connectivity index (χ4n) is 1.93. The molecule has 2 aromatic rings. The molecule has 18 heavy (non-hydrogen) atoms. The van der Waals surface area contributed by atoms with Gasteiger partial charge in [-0.05, 0) is 54.3 Å². The number of benzene rings is 2. The van der Waals surface area contributed by atoms with Crippen LogP contribution in [0.4, 0.5) is 4.39 Å². The monoisotopic (exact) mass is 326 g/mol. The Balaban J connectivity index is 2.16. The summed E-state index contributed by atoms with van der Waals surface area (Å²) in [5, 5.41) is 0.739. The molecule has 0 aromatic heterocycles. The third-order valence-corrected chi connectivity index (χ3v) is 3.97. The molecule has 0 N–H and O–H groups in total. The zero-order chi connectivity index (χ0) is 13.1. The number of halogens is 3. The van der Waals surface area contributed by atoms with Crippen molar-refractivity contribution in [2.75, 3.05) is 0 Å². The van der Waals surface area contributed by atoms with Gasteiger partial charge in [0.05, 0.1) is 0 Å². The van der Waals surface area contributed by atoms with Gasteiger partial charge in [-0.3, -0.25) is 0 Å². The molecule has 0 aliphatic rings. The first-order valence-corrected chi connectivity index (χ1v) is 7.00. The van der Waals surface area contributed by atoms with Gasteiger partial charge in [-0.2, -0.15) is 0 Å². The number of aryl methyl sites for hydroxylation is 1. The van der Waals surface area contributed by atoms with Crippen LogP contribution in [0, 0.1) is 12.7 Å². The highest BCUT2D eigenvalue weighted by Gasteiger charge is 2.11. The van der Waals surface area contributed by atoms with Gasteiger partial charge in [-0.1, -0.05) is 45.7 Å². The number of alkyl halides is 1. The Labute approximate surface area is 120 Å². The Morgan fingerprint density at radius 3 is 2.44 bits per heavy atom. The number of hydrogen-bond donors (Lipinski definition) is 0. The van der Waals surface area contributed by atoms with E-state index in [9.17, 15) is 4.39 Å². The van der Waals surface area contributed by atoms with Crippen LogP contribution in [-0.2, 0) is 6.42 Å². The van der Waals surface area contributed by atoms with Crippen molar-refractivity contribution >= 4 is 27.5 Å². The normalized spacial score (nSPS) is 12.4. The fraction of sp³-hybridized carbons (Fsp3) is 0.200. The Hall–Kier alpha value is -0.860. The summed E-state index contributed by atoms with van der Waals surface area (Å²) in [6, 6.07) is 12.7. The quantitative estimate of drug-likeness (QED) is 0.656. The van der Waals surface area contributed by atoms with E-state index in [-0.39, 0.29) is 10.6 Å². The van der Waals surface area contributed by atoms with Gasteiger partial charge in [0.2, 0.25) is 0 Å². The predicted octanol–water partition coefficient (Wildman–Crippen LogP) is 5.47. The summed E-state index contributed by atoms with van der Waals surface area (Å²) in [7, 11) is 0. The lowest BCUT2D eigenvalue weighted by atomic mass is 10.0. The first-order chi connectivity index (χ1) is 8.56. The van der Waals surface area contributed by atoms with Crippen LogP contribution in [0.15, 0.2) is 42.5 Å². The van der Waals surface area contributed by atoms with Gasteiger partial charge < -0.3 is 0 Å². The van der Waals surface area contributed by atoms with Gasteiger partial charge in [-0.25, -0.2) is 4.39 Å². The van der Waals surface area contributed by atoms with Crippen molar-refractivity contribution < 1.29 is 4.39 Å². The standard InChI is InChI=1S/C15H13BrClF/c1-10-8-13(18)6-7-14(10)15(16)9-11-2-4-12(17)5-3-11/h2-8,15H,9H2,1H3. The SMILES string of the molecule is Cc1cc(F)ccc1C(Br)Cc1ccc(Cl)cc1. The van der Waals surface area contributed by atoms with Gasteiger partial charge in [0.25, 0.3) is 0 Å². The number of hydrogen-bond acceptors (Lipinski definition) is 0. The molecular weight excluding hydrogens is 315 g/mol. The van der Waals surface area contributed by atoms with Crippen LogP contribution in [0.1, 0.15) is 21.5 Å². The molecule has 1 atom stereocenters. The molecule has 3 heteroatoms. The smallest absolute Gasteiger partial charge is 0.123 e. The topological polar surface area (TPSA) is 0 Å². The molecule has 2 rings (SSSR count). The molecular formula is C15H13BrClF. The predicted molar refractivity (Wildman–Crippen MR) is 78.0 cm³/mol. The van der Waals surface area contributed by atoms with E-state index < -0.39 is 0 Å². The molecule has 0 fully saturated rings. The molecule has 0 radical (unpaired) electrons. The van der Waals surface area contributed by atoms with Crippen molar-refractivity contribution in [3.8, 4) is 0 Å². The summed E-state index contributed by atoms with van der Waals surface area (Å²) in [6.45, 7) is 1.93. The zero-order valence-corrected chi connectivity index (χ0v) is 12.3. The average Bonchev–Trinajstić information content (AvgIpc) is 2.32. The van der Waals surface area contributed by atoms with E-state index in [1.807, 2.05) is 37.3 Å². The van der Waals surface area contributed by atoms with E-state index in [2.05, 4.69) is 15.9 Å². The van der Waals surface area contributed by atoms with Gasteiger partial charge in [0, 0.05) is 9.85 Å². The maximum absolute atomic E-state index is 13.1. The van der Waals surface area contributed by atoms with E-state index in [1.165, 1.54) is 11.6 Å². The molecule has 0 amide bonds. The molecule has 0 aliphatic carbocycles. The minimum absolute atomic E-state index is 0.180. The van der Waals surface area contributed by atoms with Crippen molar-refractivity contribution in [3.05, 3.63) is 70.0 Å². The fourth-order valence-corrected chi connectivity index (χ4v) is 2.94. The van der Waals surface area contributed by atoms with Crippen molar-refractivity contribution in [2.45, 2.75) is 18.2 Å². The highest BCUT2D eigenvalue weighted by molar-refractivity contribution is 9.09. The summed E-state index contributed by atoms with van der Waals surface area (Å²) in [5.41, 5.74) is 3.28. The molecule has 1 unspecified atom stereocenters. The van der Waals surface area contributed by atoms with E-state index in [1.54, 1.807) is 6.07 Å². The molecule has 0 saturated carbocycles. The third kappa shape index (κ3) is 3.33. The zero-order valence-electron chi connectivity index (χ0n) is 9.96. The van der Waals surface area contributed by atoms with Crippen LogP contribution in [0.3, 0.4) is 0 Å². The molecule has 0 aliphatic heterocycles. The Morgan fingerprint density at radius 1 is 1.17 bits per heavy atom. The van der Waals surface area contributed by atoms with Gasteiger partial charge in [0.15, 0.2) is 0 Å². The van der Waals surface area contributed by atoms with Gasteiger partial charge in [0.1, 0.15) is 5.82 Å². The summed E-state index contributed by atoms with van der Waals surface area (Å²) in [5.74, 6) is -0.192. The van der Waals surface area contributed by atoms with Crippen molar-refractivity contribution in [1.82, 2.24) is 0 Å². The summed E-state index contributed by atoms with van der Waals surface area (Å²) < 4.78 is 13.1.